The fourth-order valence-corrected chi connectivity index (χ4v) is 8.06. The molecule has 0 unspecified atom stereocenters. The lowest BCUT2D eigenvalue weighted by molar-refractivity contribution is -0.140. The molecule has 36 heavy (non-hydrogen) atoms. The molecular weight excluding hydrogens is 448 g/mol. The maximum Gasteiger partial charge on any atom is 0.334 e. The van der Waals surface area contributed by atoms with Crippen LogP contribution in [0.2, 0.25) is 0 Å². The maximum absolute atomic E-state index is 12.3. The number of hydrogen-bond acceptors (Lipinski definition) is 4. The van der Waals surface area contributed by atoms with Crippen LogP contribution in [0.15, 0.2) is 47.6 Å². The van der Waals surface area contributed by atoms with Crippen LogP contribution >= 0.6 is 0 Å². The summed E-state index contributed by atoms with van der Waals surface area (Å²) in [5.41, 5.74) is 4.20. The molecule has 4 nitrogen and oxygen atoms in total. The highest BCUT2D eigenvalue weighted by Gasteiger charge is 2.51. The Hall–Kier alpha value is -1.65. The van der Waals surface area contributed by atoms with E-state index in [4.69, 9.17) is 4.74 Å². The van der Waals surface area contributed by atoms with Gasteiger partial charge in [-0.25, -0.2) is 4.79 Å². The lowest BCUT2D eigenvalue weighted by Crippen LogP contribution is -2.37. The maximum atomic E-state index is 12.3. The molecular formula is C32H48O4. The predicted molar refractivity (Wildman–Crippen MR) is 145 cm³/mol. The minimum Gasteiger partial charge on any atom is -0.458 e. The number of hydrogen-bond donors (Lipinski definition) is 2. The van der Waals surface area contributed by atoms with Gasteiger partial charge in [0.1, 0.15) is 6.10 Å². The van der Waals surface area contributed by atoms with Gasteiger partial charge < -0.3 is 14.9 Å². The van der Waals surface area contributed by atoms with Crippen molar-refractivity contribution < 1.29 is 19.7 Å². The first-order chi connectivity index (χ1) is 17.1. The number of esters is 1. The van der Waals surface area contributed by atoms with Crippen molar-refractivity contribution in [3.63, 3.8) is 0 Å². The first kappa shape index (κ1) is 27.4. The van der Waals surface area contributed by atoms with Crippen LogP contribution in [-0.4, -0.2) is 34.5 Å². The van der Waals surface area contributed by atoms with E-state index in [0.29, 0.717) is 29.7 Å². The van der Waals surface area contributed by atoms with Gasteiger partial charge in [-0.05, 0) is 85.7 Å². The number of unbranched alkanes of at least 4 members (excludes halogenated alkanes) is 1. The van der Waals surface area contributed by atoms with Gasteiger partial charge in [0.2, 0.25) is 0 Å². The molecule has 4 rings (SSSR count). The highest BCUT2D eigenvalue weighted by atomic mass is 16.6. The van der Waals surface area contributed by atoms with Crippen LogP contribution in [0.4, 0.5) is 0 Å². The first-order valence-corrected chi connectivity index (χ1v) is 14.4. The van der Waals surface area contributed by atoms with Gasteiger partial charge in [-0.15, -0.1) is 0 Å². The largest absolute Gasteiger partial charge is 0.458 e. The molecule has 2 N–H and O–H groups in total. The average molecular weight is 497 g/mol. The first-order valence-electron chi connectivity index (χ1n) is 14.4. The predicted octanol–water partition coefficient (Wildman–Crippen LogP) is 6.69. The number of carbonyl (C=O) groups is 1. The third kappa shape index (κ3) is 5.05. The molecule has 1 aliphatic heterocycles. The summed E-state index contributed by atoms with van der Waals surface area (Å²) in [5, 5.41) is 20.8. The Kier molecular flexibility index (Phi) is 8.36. The van der Waals surface area contributed by atoms with E-state index in [-0.39, 0.29) is 29.3 Å². The van der Waals surface area contributed by atoms with Gasteiger partial charge in [0.05, 0.1) is 12.2 Å². The van der Waals surface area contributed by atoms with E-state index < -0.39 is 12.2 Å². The van der Waals surface area contributed by atoms with E-state index in [0.717, 1.165) is 43.3 Å². The summed E-state index contributed by atoms with van der Waals surface area (Å²) in [6.07, 6.45) is 13.9. The van der Waals surface area contributed by atoms with Crippen LogP contribution in [0.25, 0.3) is 0 Å². The molecule has 0 aromatic carbocycles. The molecule has 4 heteroatoms. The number of cyclic esters (lactones) is 1. The molecule has 3 saturated carbocycles. The standard InChI is InChI=1S/C32H48O4/c1-7-8-11-25-21(4)31(35)36-29(25)17-19(2)26-14-15-27-23(10-9-16-32(26,27)6)12-13-24-18-28(33)22(5)30(34)20(24)3/h12-13,19,22,25-30,33-34H,3-4,7-11,14-18H2,1-2,5-6H3/t19-,22+,25+,26-,27+,28-,29-,30-,32-/m1/s1. The summed E-state index contributed by atoms with van der Waals surface area (Å²) in [4.78, 5) is 12.3. The molecule has 9 atom stereocenters. The number of carbonyl (C=O) groups excluding carboxylic acids is 1. The number of rotatable bonds is 7. The molecule has 1 heterocycles. The van der Waals surface area contributed by atoms with Crippen molar-refractivity contribution in [3.8, 4) is 0 Å². The van der Waals surface area contributed by atoms with Crippen LogP contribution in [0.1, 0.15) is 91.9 Å². The number of aliphatic hydroxyl groups is 2. The Labute approximate surface area is 218 Å². The van der Waals surface area contributed by atoms with Crippen molar-refractivity contribution in [1.82, 2.24) is 0 Å². The smallest absolute Gasteiger partial charge is 0.334 e. The Morgan fingerprint density at radius 2 is 1.94 bits per heavy atom. The van der Waals surface area contributed by atoms with Crippen LogP contribution in [0.3, 0.4) is 0 Å². The number of fused-ring (bicyclic) bond motifs is 1. The summed E-state index contributed by atoms with van der Waals surface area (Å²) in [6, 6.07) is 0. The Morgan fingerprint density at radius 3 is 2.67 bits per heavy atom. The number of allylic oxidation sites excluding steroid dienone is 3. The number of aliphatic hydroxyl groups excluding tert-OH is 2. The van der Waals surface area contributed by atoms with Gasteiger partial charge in [0.15, 0.2) is 0 Å². The van der Waals surface area contributed by atoms with Crippen molar-refractivity contribution in [2.24, 2.45) is 35.0 Å². The highest BCUT2D eigenvalue weighted by Crippen LogP contribution is 2.60. The summed E-state index contributed by atoms with van der Waals surface area (Å²) in [5.74, 6) is 1.50. The highest BCUT2D eigenvalue weighted by molar-refractivity contribution is 5.90. The molecule has 0 bridgehead atoms. The zero-order valence-corrected chi connectivity index (χ0v) is 23.0. The van der Waals surface area contributed by atoms with E-state index >= 15 is 0 Å². The van der Waals surface area contributed by atoms with Gasteiger partial charge in [0.25, 0.3) is 0 Å². The Balaban J connectivity index is 1.47. The van der Waals surface area contributed by atoms with Gasteiger partial charge in [-0.1, -0.05) is 71.4 Å². The normalized spacial score (nSPS) is 42.2. The average Bonchev–Trinajstić information content (AvgIpc) is 3.33. The van der Waals surface area contributed by atoms with Crippen molar-refractivity contribution in [1.29, 1.82) is 0 Å². The molecule has 0 aromatic rings. The Bertz CT molecular complexity index is 928. The van der Waals surface area contributed by atoms with E-state index in [1.165, 1.54) is 31.3 Å². The molecule has 1 saturated heterocycles. The van der Waals surface area contributed by atoms with Crippen molar-refractivity contribution in [2.75, 3.05) is 0 Å². The van der Waals surface area contributed by atoms with Crippen LogP contribution < -0.4 is 0 Å². The zero-order valence-electron chi connectivity index (χ0n) is 23.0. The molecule has 0 aromatic heterocycles. The third-order valence-electron chi connectivity index (χ3n) is 10.4. The molecule has 0 spiro atoms. The summed E-state index contributed by atoms with van der Waals surface area (Å²) in [6.45, 7) is 17.1. The fraction of sp³-hybridized carbons (Fsp3) is 0.719. The van der Waals surface area contributed by atoms with Gasteiger partial charge in [-0.2, -0.15) is 0 Å². The van der Waals surface area contributed by atoms with E-state index in [1.807, 2.05) is 6.92 Å². The monoisotopic (exact) mass is 496 g/mol. The fourth-order valence-electron chi connectivity index (χ4n) is 8.06. The van der Waals surface area contributed by atoms with Gasteiger partial charge in [-0.3, -0.25) is 0 Å². The molecule has 0 radical (unpaired) electrons. The molecule has 200 valence electrons. The summed E-state index contributed by atoms with van der Waals surface area (Å²) in [7, 11) is 0. The zero-order chi connectivity index (χ0) is 26.2. The SMILES string of the molecule is C=C1C(=CC=C2CCC[C@]3(C)[C@@H]([C@H](C)C[C@H]4OC(=O)C(=C)[C@@H]4CCCC)CC[C@@H]23)C[C@@H](O)[C@H](C)[C@@H]1O. The van der Waals surface area contributed by atoms with E-state index in [2.05, 4.69) is 46.1 Å². The molecule has 0 amide bonds. The molecule has 4 fully saturated rings. The van der Waals surface area contributed by atoms with Gasteiger partial charge >= 0.3 is 5.97 Å². The second-order valence-corrected chi connectivity index (χ2v) is 12.6. The van der Waals surface area contributed by atoms with Crippen molar-refractivity contribution in [2.45, 2.75) is 110 Å². The van der Waals surface area contributed by atoms with E-state index in [1.54, 1.807) is 0 Å². The summed E-state index contributed by atoms with van der Waals surface area (Å²) < 4.78 is 5.84. The van der Waals surface area contributed by atoms with Crippen LogP contribution in [0, 0.1) is 35.0 Å². The Morgan fingerprint density at radius 1 is 1.19 bits per heavy atom. The third-order valence-corrected chi connectivity index (χ3v) is 10.4. The quantitative estimate of drug-likeness (QED) is 0.304. The lowest BCUT2D eigenvalue weighted by Gasteiger charge is -2.45. The second kappa shape index (κ2) is 11.0. The minimum atomic E-state index is -0.673. The minimum absolute atomic E-state index is 0.0184. The van der Waals surface area contributed by atoms with Crippen LogP contribution in [0.5, 0.6) is 0 Å². The topological polar surface area (TPSA) is 66.8 Å². The van der Waals surface area contributed by atoms with Gasteiger partial charge in [0, 0.05) is 17.4 Å². The molecule has 3 aliphatic carbocycles. The van der Waals surface area contributed by atoms with Crippen molar-refractivity contribution >= 4 is 5.97 Å². The summed E-state index contributed by atoms with van der Waals surface area (Å²) >= 11 is 0. The lowest BCUT2D eigenvalue weighted by atomic mass is 9.60. The van der Waals surface area contributed by atoms with Crippen LogP contribution in [-0.2, 0) is 9.53 Å². The second-order valence-electron chi connectivity index (χ2n) is 12.6. The molecule has 4 aliphatic rings. The number of ether oxygens (including phenoxy) is 1. The van der Waals surface area contributed by atoms with E-state index in [9.17, 15) is 15.0 Å². The van der Waals surface area contributed by atoms with Crippen molar-refractivity contribution in [3.05, 3.63) is 47.6 Å².